The summed E-state index contributed by atoms with van der Waals surface area (Å²) >= 11 is 5.53. The average Bonchev–Trinajstić information content (AvgIpc) is 2.44. The molecule has 0 saturated heterocycles. The topological polar surface area (TPSA) is 43.6 Å². The molecule has 0 aliphatic heterocycles. The molecule has 7 heteroatoms. The van der Waals surface area contributed by atoms with Crippen molar-refractivity contribution in [2.45, 2.75) is 6.43 Å². The van der Waals surface area contributed by atoms with Crippen LogP contribution in [0.25, 0.3) is 11.0 Å². The predicted molar refractivity (Wildman–Crippen MR) is 46.3 cm³/mol. The third-order valence-electron chi connectivity index (χ3n) is 1.79. The maximum atomic E-state index is 12.4. The van der Waals surface area contributed by atoms with E-state index in [9.17, 15) is 8.78 Å². The zero-order valence-electron chi connectivity index (χ0n) is 7.08. The van der Waals surface area contributed by atoms with Crippen molar-refractivity contribution in [3.05, 3.63) is 17.2 Å². The Balaban J connectivity index is 2.77. The molecule has 2 aromatic heterocycles. The van der Waals surface area contributed by atoms with E-state index < -0.39 is 6.43 Å². The maximum Gasteiger partial charge on any atom is 0.282 e. The van der Waals surface area contributed by atoms with E-state index in [1.165, 1.54) is 17.9 Å². The van der Waals surface area contributed by atoms with Crippen LogP contribution in [0.5, 0.6) is 0 Å². The number of halogens is 3. The summed E-state index contributed by atoms with van der Waals surface area (Å²) in [5, 5.41) is 3.88. The first-order valence-electron chi connectivity index (χ1n) is 3.73. The second-order valence-electron chi connectivity index (χ2n) is 2.69. The van der Waals surface area contributed by atoms with Crippen LogP contribution in [0.4, 0.5) is 8.78 Å². The zero-order valence-corrected chi connectivity index (χ0v) is 7.83. The van der Waals surface area contributed by atoms with Crippen LogP contribution in [0.2, 0.25) is 5.28 Å². The lowest BCUT2D eigenvalue weighted by atomic mass is 10.3. The van der Waals surface area contributed by atoms with Crippen molar-refractivity contribution in [2.24, 2.45) is 7.05 Å². The smallest absolute Gasteiger partial charge is 0.250 e. The Kier molecular flexibility index (Phi) is 2.07. The van der Waals surface area contributed by atoms with Crippen LogP contribution < -0.4 is 0 Å². The van der Waals surface area contributed by atoms with Crippen LogP contribution in [0.1, 0.15) is 12.1 Å². The van der Waals surface area contributed by atoms with E-state index in [1.807, 2.05) is 0 Å². The summed E-state index contributed by atoms with van der Waals surface area (Å²) in [5.41, 5.74) is -0.0144. The summed E-state index contributed by atoms with van der Waals surface area (Å²) in [6.45, 7) is 0. The molecule has 0 spiro atoms. The molecule has 0 atom stereocenters. The van der Waals surface area contributed by atoms with Crippen molar-refractivity contribution < 1.29 is 8.78 Å². The molecule has 0 bridgehead atoms. The fourth-order valence-corrected chi connectivity index (χ4v) is 1.33. The van der Waals surface area contributed by atoms with Crippen LogP contribution in [0.3, 0.4) is 0 Å². The van der Waals surface area contributed by atoms with Gasteiger partial charge in [-0.05, 0) is 11.6 Å². The third kappa shape index (κ3) is 1.31. The monoisotopic (exact) mass is 218 g/mol. The summed E-state index contributed by atoms with van der Waals surface area (Å²) in [6.07, 6.45) is -1.39. The van der Waals surface area contributed by atoms with E-state index in [0.29, 0.717) is 5.65 Å². The standard InChI is InChI=1S/C7H5ClF2N4/c1-14-6-3(2-11-7(8)12-6)4(13-14)5(9)10/h2,5H,1H3. The molecule has 0 radical (unpaired) electrons. The summed E-state index contributed by atoms with van der Waals surface area (Å²) in [6, 6.07) is 0. The molecule has 74 valence electrons. The maximum absolute atomic E-state index is 12.4. The molecule has 0 aliphatic rings. The van der Waals surface area contributed by atoms with Crippen LogP contribution in [0, 0.1) is 0 Å². The van der Waals surface area contributed by atoms with Crippen molar-refractivity contribution in [3.63, 3.8) is 0 Å². The summed E-state index contributed by atoms with van der Waals surface area (Å²) < 4.78 is 26.1. The van der Waals surface area contributed by atoms with Crippen molar-refractivity contribution in [1.82, 2.24) is 19.7 Å². The van der Waals surface area contributed by atoms with E-state index in [4.69, 9.17) is 11.6 Å². The van der Waals surface area contributed by atoms with Gasteiger partial charge in [0.25, 0.3) is 6.43 Å². The number of rotatable bonds is 1. The van der Waals surface area contributed by atoms with Crippen molar-refractivity contribution in [3.8, 4) is 0 Å². The lowest BCUT2D eigenvalue weighted by Crippen LogP contribution is -1.93. The fourth-order valence-electron chi connectivity index (χ4n) is 1.20. The summed E-state index contributed by atoms with van der Waals surface area (Å²) in [7, 11) is 1.53. The highest BCUT2D eigenvalue weighted by Crippen LogP contribution is 2.25. The molecule has 0 saturated carbocycles. The first-order valence-corrected chi connectivity index (χ1v) is 4.10. The molecular formula is C7H5ClF2N4. The van der Waals surface area contributed by atoms with Gasteiger partial charge in [-0.3, -0.25) is 0 Å². The van der Waals surface area contributed by atoms with Gasteiger partial charge in [0.15, 0.2) is 5.65 Å². The van der Waals surface area contributed by atoms with Crippen LogP contribution in [0.15, 0.2) is 6.20 Å². The Hall–Kier alpha value is -1.30. The number of nitrogens with zero attached hydrogens (tertiary/aromatic N) is 4. The van der Waals surface area contributed by atoms with E-state index in [1.54, 1.807) is 0 Å². The number of aryl methyl sites for hydroxylation is 1. The molecule has 0 fully saturated rings. The molecule has 2 heterocycles. The molecule has 0 unspecified atom stereocenters. The number of hydrogen-bond acceptors (Lipinski definition) is 3. The van der Waals surface area contributed by atoms with E-state index in [-0.39, 0.29) is 16.4 Å². The molecule has 0 aromatic carbocycles. The van der Waals surface area contributed by atoms with Gasteiger partial charge >= 0.3 is 0 Å². The fraction of sp³-hybridized carbons (Fsp3) is 0.286. The van der Waals surface area contributed by atoms with Crippen molar-refractivity contribution >= 4 is 22.6 Å². The number of hydrogen-bond donors (Lipinski definition) is 0. The van der Waals surface area contributed by atoms with Gasteiger partial charge < -0.3 is 0 Å². The summed E-state index contributed by atoms with van der Waals surface area (Å²) in [5.74, 6) is 0. The minimum atomic E-state index is -2.64. The molecule has 2 aromatic rings. The number of aromatic nitrogens is 4. The van der Waals surface area contributed by atoms with Gasteiger partial charge in [0, 0.05) is 13.2 Å². The quantitative estimate of drug-likeness (QED) is 0.688. The Morgan fingerprint density at radius 1 is 1.50 bits per heavy atom. The normalized spacial score (nSPS) is 11.5. The van der Waals surface area contributed by atoms with Gasteiger partial charge in [-0.1, -0.05) is 0 Å². The Bertz CT molecular complexity index is 482. The minimum absolute atomic E-state index is 0.0151. The van der Waals surface area contributed by atoms with Gasteiger partial charge in [0.05, 0.1) is 5.39 Å². The number of alkyl halides is 2. The van der Waals surface area contributed by atoms with E-state index >= 15 is 0 Å². The molecule has 4 nitrogen and oxygen atoms in total. The second-order valence-corrected chi connectivity index (χ2v) is 3.02. The van der Waals surface area contributed by atoms with Crippen molar-refractivity contribution in [2.75, 3.05) is 0 Å². The van der Waals surface area contributed by atoms with Gasteiger partial charge in [-0.25, -0.2) is 18.4 Å². The minimum Gasteiger partial charge on any atom is -0.250 e. The van der Waals surface area contributed by atoms with Crippen LogP contribution >= 0.6 is 11.6 Å². The van der Waals surface area contributed by atoms with Gasteiger partial charge in [-0.15, -0.1) is 0 Å². The largest absolute Gasteiger partial charge is 0.282 e. The Labute approximate surface area is 82.5 Å². The van der Waals surface area contributed by atoms with Crippen LogP contribution in [-0.2, 0) is 7.05 Å². The Morgan fingerprint density at radius 3 is 2.86 bits per heavy atom. The van der Waals surface area contributed by atoms with Gasteiger partial charge in [0.1, 0.15) is 5.69 Å². The highest BCUT2D eigenvalue weighted by atomic mass is 35.5. The van der Waals surface area contributed by atoms with E-state index in [2.05, 4.69) is 15.1 Å². The Morgan fingerprint density at radius 2 is 2.21 bits per heavy atom. The lowest BCUT2D eigenvalue weighted by Gasteiger charge is -1.93. The first-order chi connectivity index (χ1) is 6.59. The highest BCUT2D eigenvalue weighted by molar-refractivity contribution is 6.28. The molecule has 2 rings (SSSR count). The second kappa shape index (κ2) is 3.13. The van der Waals surface area contributed by atoms with Gasteiger partial charge in [0.2, 0.25) is 5.28 Å². The molecule has 14 heavy (non-hydrogen) atoms. The first kappa shape index (κ1) is 9.26. The van der Waals surface area contributed by atoms with Crippen LogP contribution in [-0.4, -0.2) is 19.7 Å². The van der Waals surface area contributed by atoms with Crippen molar-refractivity contribution in [1.29, 1.82) is 0 Å². The molecule has 0 aliphatic carbocycles. The molecular weight excluding hydrogens is 214 g/mol. The third-order valence-corrected chi connectivity index (χ3v) is 1.97. The van der Waals surface area contributed by atoms with Gasteiger partial charge in [-0.2, -0.15) is 10.1 Å². The zero-order chi connectivity index (χ0) is 10.3. The molecule has 0 amide bonds. The SMILES string of the molecule is Cn1nc(C(F)F)c2cnc(Cl)nc21. The highest BCUT2D eigenvalue weighted by Gasteiger charge is 2.18. The lowest BCUT2D eigenvalue weighted by molar-refractivity contribution is 0.147. The molecule has 0 N–H and O–H groups in total. The summed E-state index contributed by atoms with van der Waals surface area (Å²) in [4.78, 5) is 7.43. The predicted octanol–water partition coefficient (Wildman–Crippen LogP) is 1.95. The average molecular weight is 219 g/mol. The van der Waals surface area contributed by atoms with E-state index in [0.717, 1.165) is 0 Å². The number of fused-ring (bicyclic) bond motifs is 1.